The van der Waals surface area contributed by atoms with Crippen molar-refractivity contribution in [3.63, 3.8) is 0 Å². The van der Waals surface area contributed by atoms with Crippen molar-refractivity contribution < 1.29 is 17.6 Å². The lowest BCUT2D eigenvalue weighted by Crippen LogP contribution is -2.52. The molecule has 2 aliphatic carbocycles. The van der Waals surface area contributed by atoms with E-state index in [0.717, 1.165) is 12.8 Å². The van der Waals surface area contributed by atoms with E-state index in [0.29, 0.717) is 35.3 Å². The number of carbonyl (C=O) groups is 1. The van der Waals surface area contributed by atoms with Gasteiger partial charge in [0.15, 0.2) is 0 Å². The number of benzene rings is 1. The van der Waals surface area contributed by atoms with Crippen LogP contribution in [0.2, 0.25) is 0 Å². The minimum Gasteiger partial charge on any atom is -0.348 e. The first-order valence-electron chi connectivity index (χ1n) is 10.7. The minimum atomic E-state index is -3.89. The van der Waals surface area contributed by atoms with E-state index in [-0.39, 0.29) is 34.2 Å². The van der Waals surface area contributed by atoms with Gasteiger partial charge in [0.1, 0.15) is 6.17 Å². The lowest BCUT2D eigenvalue weighted by atomic mass is 9.68. The Labute approximate surface area is 187 Å². The molecule has 3 fully saturated rings. The molecule has 0 radical (unpaired) electrons. The molecule has 0 spiro atoms. The molecule has 1 heterocycles. The van der Waals surface area contributed by atoms with Crippen molar-refractivity contribution in [2.75, 3.05) is 13.1 Å². The highest BCUT2D eigenvalue weighted by Gasteiger charge is 2.59. The van der Waals surface area contributed by atoms with E-state index in [2.05, 4.69) is 42.0 Å². The monoisotopic (exact) mass is 500 g/mol. The zero-order chi connectivity index (χ0) is 21.9. The summed E-state index contributed by atoms with van der Waals surface area (Å²) < 4.78 is 41.6. The molecule has 0 aromatic heterocycles. The summed E-state index contributed by atoms with van der Waals surface area (Å²) >= 11 is 3.31. The van der Waals surface area contributed by atoms with Crippen LogP contribution >= 0.6 is 15.9 Å². The van der Waals surface area contributed by atoms with Gasteiger partial charge in [-0.05, 0) is 83.0 Å². The first-order chi connectivity index (χ1) is 13.9. The Hall–Kier alpha value is -0.990. The van der Waals surface area contributed by atoms with Crippen LogP contribution in [-0.4, -0.2) is 43.9 Å². The number of sulfonamides is 1. The number of piperidine rings is 1. The Kier molecular flexibility index (Phi) is 5.59. The second kappa shape index (κ2) is 7.55. The lowest BCUT2D eigenvalue weighted by molar-refractivity contribution is 0.0737. The second-order valence-electron chi connectivity index (χ2n) is 10.1. The van der Waals surface area contributed by atoms with Crippen molar-refractivity contribution in [1.82, 2.24) is 9.62 Å². The summed E-state index contributed by atoms with van der Waals surface area (Å²) in [6.07, 6.45) is 3.14. The first-order valence-corrected chi connectivity index (χ1v) is 12.9. The summed E-state index contributed by atoms with van der Waals surface area (Å²) in [6.45, 7) is 6.83. The zero-order valence-electron chi connectivity index (χ0n) is 17.7. The molecule has 2 bridgehead atoms. The molecule has 1 N–H and O–H groups in total. The number of carbonyl (C=O) groups excluding carboxylic acids is 1. The normalized spacial score (nSPS) is 33.6. The Balaban J connectivity index is 1.60. The van der Waals surface area contributed by atoms with Gasteiger partial charge in [-0.1, -0.05) is 20.8 Å². The summed E-state index contributed by atoms with van der Waals surface area (Å²) in [5, 5.41) is 3.22. The zero-order valence-corrected chi connectivity index (χ0v) is 20.2. The number of fused-ring (bicyclic) bond motifs is 2. The van der Waals surface area contributed by atoms with Gasteiger partial charge in [-0.2, -0.15) is 4.31 Å². The standard InChI is InChI=1S/C22H30BrFN2O3S/c1-21(2)15-8-9-22(3,12-15)20(21)25-19(27)14-6-7-17(23)18(11-14)30(28,29)26-10-4-5-16(24)13-26/h6-7,11,15-16,20H,4-5,8-10,12-13H2,1-3H3,(H,25,27)/t15-,16?,20?,22+/m1/s1. The van der Waals surface area contributed by atoms with Crippen molar-refractivity contribution in [3.05, 3.63) is 28.2 Å². The van der Waals surface area contributed by atoms with Crippen LogP contribution in [0.1, 0.15) is 63.2 Å². The molecule has 1 aliphatic heterocycles. The van der Waals surface area contributed by atoms with Crippen LogP contribution in [0.15, 0.2) is 27.6 Å². The smallest absolute Gasteiger partial charge is 0.251 e. The molecule has 4 rings (SSSR count). The molecule has 3 aliphatic rings. The molecular formula is C22H30BrFN2O3S. The Bertz CT molecular complexity index is 962. The maximum absolute atomic E-state index is 13.8. The Morgan fingerprint density at radius 1 is 1.27 bits per heavy atom. The maximum atomic E-state index is 13.8. The van der Waals surface area contributed by atoms with E-state index in [1.165, 1.54) is 16.8 Å². The summed E-state index contributed by atoms with van der Waals surface area (Å²) in [5.74, 6) is 0.342. The second-order valence-corrected chi connectivity index (χ2v) is 12.8. The molecule has 4 atom stereocenters. The molecular weight excluding hydrogens is 471 g/mol. The van der Waals surface area contributed by atoms with Gasteiger partial charge >= 0.3 is 0 Å². The average molecular weight is 501 g/mol. The Morgan fingerprint density at radius 3 is 2.63 bits per heavy atom. The van der Waals surface area contributed by atoms with Crippen LogP contribution in [0.25, 0.3) is 0 Å². The van der Waals surface area contributed by atoms with Crippen molar-refractivity contribution in [1.29, 1.82) is 0 Å². The van der Waals surface area contributed by atoms with Crippen LogP contribution in [0, 0.1) is 16.7 Å². The fraction of sp³-hybridized carbons (Fsp3) is 0.682. The van der Waals surface area contributed by atoms with Gasteiger partial charge in [-0.25, -0.2) is 12.8 Å². The van der Waals surface area contributed by atoms with Crippen LogP contribution in [-0.2, 0) is 10.0 Å². The van der Waals surface area contributed by atoms with Crippen molar-refractivity contribution in [2.24, 2.45) is 16.7 Å². The van der Waals surface area contributed by atoms with Crippen molar-refractivity contribution in [2.45, 2.75) is 70.0 Å². The van der Waals surface area contributed by atoms with Gasteiger partial charge in [0.05, 0.1) is 4.90 Å². The van der Waals surface area contributed by atoms with E-state index >= 15 is 0 Å². The van der Waals surface area contributed by atoms with E-state index in [4.69, 9.17) is 0 Å². The van der Waals surface area contributed by atoms with Crippen LogP contribution in [0.3, 0.4) is 0 Å². The summed E-state index contributed by atoms with van der Waals surface area (Å²) in [4.78, 5) is 13.1. The maximum Gasteiger partial charge on any atom is 0.251 e. The molecule has 1 amide bonds. The molecule has 166 valence electrons. The number of alkyl halides is 1. The van der Waals surface area contributed by atoms with Gasteiger partial charge < -0.3 is 5.32 Å². The quantitative estimate of drug-likeness (QED) is 0.660. The molecule has 1 aromatic rings. The fourth-order valence-corrected chi connectivity index (χ4v) is 8.43. The van der Waals surface area contributed by atoms with Gasteiger partial charge in [0.25, 0.3) is 5.91 Å². The van der Waals surface area contributed by atoms with E-state index in [9.17, 15) is 17.6 Å². The van der Waals surface area contributed by atoms with E-state index in [1.54, 1.807) is 12.1 Å². The largest absolute Gasteiger partial charge is 0.348 e. The minimum absolute atomic E-state index is 0.0108. The van der Waals surface area contributed by atoms with E-state index < -0.39 is 16.2 Å². The third-order valence-corrected chi connectivity index (χ3v) is 10.5. The average Bonchev–Trinajstić information content (AvgIpc) is 3.16. The van der Waals surface area contributed by atoms with Gasteiger partial charge in [-0.3, -0.25) is 4.79 Å². The summed E-state index contributed by atoms with van der Waals surface area (Å²) in [6, 6.07) is 4.69. The molecule has 1 saturated heterocycles. The van der Waals surface area contributed by atoms with Gasteiger partial charge in [-0.15, -0.1) is 0 Å². The molecule has 2 unspecified atom stereocenters. The van der Waals surface area contributed by atoms with Crippen molar-refractivity contribution in [3.8, 4) is 0 Å². The van der Waals surface area contributed by atoms with Crippen molar-refractivity contribution >= 4 is 31.9 Å². The predicted molar refractivity (Wildman–Crippen MR) is 118 cm³/mol. The van der Waals surface area contributed by atoms with Crippen LogP contribution in [0.5, 0.6) is 0 Å². The summed E-state index contributed by atoms with van der Waals surface area (Å²) in [7, 11) is -3.89. The molecule has 8 heteroatoms. The number of hydrogen-bond donors (Lipinski definition) is 1. The lowest BCUT2D eigenvalue weighted by Gasteiger charge is -2.43. The van der Waals surface area contributed by atoms with Gasteiger partial charge in [0.2, 0.25) is 10.0 Å². The number of halogens is 2. The van der Waals surface area contributed by atoms with Crippen LogP contribution < -0.4 is 5.32 Å². The molecule has 2 saturated carbocycles. The van der Waals surface area contributed by atoms with Gasteiger partial charge in [0, 0.05) is 29.2 Å². The predicted octanol–water partition coefficient (Wildman–Crippen LogP) is 4.52. The number of nitrogens with zero attached hydrogens (tertiary/aromatic N) is 1. The fourth-order valence-electron chi connectivity index (χ4n) is 5.97. The van der Waals surface area contributed by atoms with E-state index in [1.807, 2.05) is 0 Å². The number of hydrogen-bond acceptors (Lipinski definition) is 3. The highest BCUT2D eigenvalue weighted by molar-refractivity contribution is 9.10. The number of amides is 1. The highest BCUT2D eigenvalue weighted by atomic mass is 79.9. The third kappa shape index (κ3) is 3.62. The number of rotatable bonds is 4. The first kappa shape index (κ1) is 22.2. The number of nitrogens with one attached hydrogen (secondary N) is 1. The molecule has 30 heavy (non-hydrogen) atoms. The SMILES string of the molecule is CC1(C)C(NC(=O)c2ccc(Br)c(S(=O)(=O)N3CCCC(F)C3)c2)[C@@]2(C)CC[C@@H]1C2. The molecule has 5 nitrogen and oxygen atoms in total. The van der Waals surface area contributed by atoms with Crippen LogP contribution in [0.4, 0.5) is 4.39 Å². The third-order valence-electron chi connectivity index (χ3n) is 7.68. The Morgan fingerprint density at radius 2 is 2.00 bits per heavy atom. The topological polar surface area (TPSA) is 66.5 Å². The summed E-state index contributed by atoms with van der Waals surface area (Å²) in [5.41, 5.74) is 0.405. The molecule has 1 aromatic carbocycles. The highest BCUT2D eigenvalue weighted by Crippen LogP contribution is 2.62.